The molecule has 0 fully saturated rings. The van der Waals surface area contributed by atoms with Crippen molar-refractivity contribution in [2.45, 2.75) is 0 Å². The fourth-order valence-electron chi connectivity index (χ4n) is 1.76. The molecular weight excluding hydrogens is 387 g/mol. The number of nitrogens with one attached hydrogen (secondary N) is 1. The lowest BCUT2D eigenvalue weighted by molar-refractivity contribution is -0.385. The van der Waals surface area contributed by atoms with Gasteiger partial charge in [-0.25, -0.2) is 9.18 Å². The fraction of sp³-hybridized carbons (Fsp3) is 0.0667. The average Bonchev–Trinajstić information content (AvgIpc) is 2.52. The van der Waals surface area contributed by atoms with Crippen LogP contribution in [0.15, 0.2) is 46.9 Å². The topological polar surface area (TPSA) is 98.5 Å². The Morgan fingerprint density at radius 2 is 2.00 bits per heavy atom. The number of rotatable bonds is 5. The molecule has 0 aliphatic heterocycles. The van der Waals surface area contributed by atoms with Crippen LogP contribution in [0, 0.1) is 15.9 Å². The Morgan fingerprint density at radius 3 is 2.67 bits per heavy atom. The molecule has 0 saturated carbocycles. The second kappa shape index (κ2) is 7.64. The first-order valence-electron chi connectivity index (χ1n) is 6.53. The van der Waals surface area contributed by atoms with Gasteiger partial charge in [-0.2, -0.15) is 0 Å². The highest BCUT2D eigenvalue weighted by atomic mass is 79.9. The van der Waals surface area contributed by atoms with E-state index in [0.29, 0.717) is 0 Å². The summed E-state index contributed by atoms with van der Waals surface area (Å²) in [6.45, 7) is -0.612. The van der Waals surface area contributed by atoms with Gasteiger partial charge in [-0.05, 0) is 46.3 Å². The summed E-state index contributed by atoms with van der Waals surface area (Å²) < 4.78 is 18.0. The number of benzene rings is 2. The Balaban J connectivity index is 1.96. The number of nitrogens with zero attached hydrogens (tertiary/aromatic N) is 1. The van der Waals surface area contributed by atoms with Crippen LogP contribution in [0.1, 0.15) is 10.4 Å². The lowest BCUT2D eigenvalue weighted by Gasteiger charge is -2.07. The van der Waals surface area contributed by atoms with Crippen molar-refractivity contribution in [2.24, 2.45) is 0 Å². The number of halogens is 2. The molecule has 0 atom stereocenters. The number of amides is 1. The number of esters is 1. The average molecular weight is 397 g/mol. The quantitative estimate of drug-likeness (QED) is 0.474. The summed E-state index contributed by atoms with van der Waals surface area (Å²) in [7, 11) is 0. The maximum absolute atomic E-state index is 13.0. The van der Waals surface area contributed by atoms with Gasteiger partial charge in [0.1, 0.15) is 5.82 Å². The molecule has 0 spiro atoms. The summed E-state index contributed by atoms with van der Waals surface area (Å²) in [4.78, 5) is 33.7. The van der Waals surface area contributed by atoms with Gasteiger partial charge in [-0.3, -0.25) is 14.9 Å². The minimum atomic E-state index is -0.889. The van der Waals surface area contributed by atoms with E-state index in [1.807, 2.05) is 0 Å². The van der Waals surface area contributed by atoms with E-state index < -0.39 is 29.2 Å². The van der Waals surface area contributed by atoms with Gasteiger partial charge in [0.2, 0.25) is 0 Å². The van der Waals surface area contributed by atoms with Crippen molar-refractivity contribution in [3.8, 4) is 0 Å². The molecule has 124 valence electrons. The van der Waals surface area contributed by atoms with E-state index in [2.05, 4.69) is 21.2 Å². The van der Waals surface area contributed by atoms with Gasteiger partial charge in [-0.15, -0.1) is 0 Å². The van der Waals surface area contributed by atoms with Crippen molar-refractivity contribution in [1.29, 1.82) is 0 Å². The summed E-state index contributed by atoms with van der Waals surface area (Å²) in [5, 5.41) is 13.2. The van der Waals surface area contributed by atoms with Crippen LogP contribution in [0.3, 0.4) is 0 Å². The number of hydrogen-bond acceptors (Lipinski definition) is 5. The standard InChI is InChI=1S/C15H10BrFN2O5/c16-12-5-4-9(6-13(12)19(22)23)15(21)24-8-14(20)18-11-3-1-2-10(17)7-11/h1-7H,8H2,(H,18,20). The van der Waals surface area contributed by atoms with Crippen molar-refractivity contribution in [2.75, 3.05) is 11.9 Å². The molecule has 0 unspecified atom stereocenters. The Hall–Kier alpha value is -2.81. The predicted molar refractivity (Wildman–Crippen MR) is 86.1 cm³/mol. The van der Waals surface area contributed by atoms with Crippen LogP contribution in [0.25, 0.3) is 0 Å². The van der Waals surface area contributed by atoms with Crippen molar-refractivity contribution < 1.29 is 23.6 Å². The largest absolute Gasteiger partial charge is 0.452 e. The van der Waals surface area contributed by atoms with E-state index in [9.17, 15) is 24.1 Å². The Labute approximate surface area is 143 Å². The van der Waals surface area contributed by atoms with Crippen LogP contribution < -0.4 is 5.32 Å². The number of ether oxygens (including phenoxy) is 1. The molecule has 24 heavy (non-hydrogen) atoms. The smallest absolute Gasteiger partial charge is 0.338 e. The number of nitro groups is 1. The van der Waals surface area contributed by atoms with E-state index >= 15 is 0 Å². The van der Waals surface area contributed by atoms with Crippen LogP contribution in [0.4, 0.5) is 15.8 Å². The second-order valence-electron chi connectivity index (χ2n) is 4.56. The molecule has 7 nitrogen and oxygen atoms in total. The number of anilines is 1. The van der Waals surface area contributed by atoms with Gasteiger partial charge in [0.05, 0.1) is 15.0 Å². The lowest BCUT2D eigenvalue weighted by atomic mass is 10.2. The summed E-state index contributed by atoms with van der Waals surface area (Å²) in [6, 6.07) is 8.91. The van der Waals surface area contributed by atoms with E-state index in [4.69, 9.17) is 4.74 Å². The summed E-state index contributed by atoms with van der Waals surface area (Å²) in [6.07, 6.45) is 0. The summed E-state index contributed by atoms with van der Waals surface area (Å²) in [5.41, 5.74) is -0.146. The van der Waals surface area contributed by atoms with Crippen molar-refractivity contribution in [3.05, 3.63) is 68.4 Å². The monoisotopic (exact) mass is 396 g/mol. The molecule has 0 aliphatic carbocycles. The maximum atomic E-state index is 13.0. The second-order valence-corrected chi connectivity index (χ2v) is 5.41. The van der Waals surface area contributed by atoms with Gasteiger partial charge in [0.15, 0.2) is 6.61 Å². The first-order valence-corrected chi connectivity index (χ1v) is 7.32. The van der Waals surface area contributed by atoms with Crippen LogP contribution in [-0.4, -0.2) is 23.4 Å². The van der Waals surface area contributed by atoms with Crippen LogP contribution >= 0.6 is 15.9 Å². The normalized spacial score (nSPS) is 10.1. The third-order valence-electron chi connectivity index (χ3n) is 2.82. The zero-order valence-electron chi connectivity index (χ0n) is 12.0. The first-order chi connectivity index (χ1) is 11.4. The zero-order valence-corrected chi connectivity index (χ0v) is 13.6. The van der Waals surface area contributed by atoms with Gasteiger partial charge in [0.25, 0.3) is 11.6 Å². The molecule has 0 aliphatic rings. The molecule has 2 rings (SSSR count). The fourth-order valence-corrected chi connectivity index (χ4v) is 2.15. The molecular formula is C15H10BrFN2O5. The van der Waals surface area contributed by atoms with Crippen LogP contribution in [-0.2, 0) is 9.53 Å². The van der Waals surface area contributed by atoms with E-state index in [0.717, 1.165) is 12.1 Å². The molecule has 0 radical (unpaired) electrons. The van der Waals surface area contributed by atoms with Crippen LogP contribution in [0.2, 0.25) is 0 Å². The first kappa shape index (κ1) is 17.5. The highest BCUT2D eigenvalue weighted by Gasteiger charge is 2.17. The molecule has 0 saturated heterocycles. The predicted octanol–water partition coefficient (Wildman–Crippen LogP) is 3.29. The summed E-state index contributed by atoms with van der Waals surface area (Å²) >= 11 is 3.00. The van der Waals surface area contributed by atoms with Gasteiger partial charge in [0, 0.05) is 11.8 Å². The Morgan fingerprint density at radius 1 is 1.25 bits per heavy atom. The third-order valence-corrected chi connectivity index (χ3v) is 3.49. The number of carbonyl (C=O) groups excluding carboxylic acids is 2. The van der Waals surface area contributed by atoms with E-state index in [1.54, 1.807) is 0 Å². The SMILES string of the molecule is O=C(COC(=O)c1ccc(Br)c([N+](=O)[O-])c1)Nc1cccc(F)c1. The summed E-state index contributed by atoms with van der Waals surface area (Å²) in [5.74, 6) is -2.08. The zero-order chi connectivity index (χ0) is 17.7. The molecule has 0 bridgehead atoms. The van der Waals surface area contributed by atoms with E-state index in [1.165, 1.54) is 30.3 Å². The number of hydrogen-bond donors (Lipinski definition) is 1. The molecule has 1 N–H and O–H groups in total. The highest BCUT2D eigenvalue weighted by Crippen LogP contribution is 2.25. The molecule has 9 heteroatoms. The van der Waals surface area contributed by atoms with Crippen molar-refractivity contribution in [1.82, 2.24) is 0 Å². The minimum absolute atomic E-state index is 0.0662. The van der Waals surface area contributed by atoms with E-state index in [-0.39, 0.29) is 21.4 Å². The van der Waals surface area contributed by atoms with Gasteiger partial charge in [-0.1, -0.05) is 6.07 Å². The lowest BCUT2D eigenvalue weighted by Crippen LogP contribution is -2.21. The third kappa shape index (κ3) is 4.59. The van der Waals surface area contributed by atoms with Crippen LogP contribution in [0.5, 0.6) is 0 Å². The molecule has 0 aromatic heterocycles. The maximum Gasteiger partial charge on any atom is 0.338 e. The Kier molecular flexibility index (Phi) is 5.59. The van der Waals surface area contributed by atoms with Crippen molar-refractivity contribution >= 4 is 39.2 Å². The minimum Gasteiger partial charge on any atom is -0.452 e. The Bertz CT molecular complexity index is 812. The number of nitro benzene ring substituents is 1. The van der Waals surface area contributed by atoms with Gasteiger partial charge < -0.3 is 10.1 Å². The molecule has 2 aromatic carbocycles. The molecule has 0 heterocycles. The molecule has 1 amide bonds. The van der Waals surface area contributed by atoms with Crippen molar-refractivity contribution in [3.63, 3.8) is 0 Å². The number of carbonyl (C=O) groups is 2. The van der Waals surface area contributed by atoms with Gasteiger partial charge >= 0.3 is 5.97 Å². The molecule has 2 aromatic rings. The highest BCUT2D eigenvalue weighted by molar-refractivity contribution is 9.10.